The minimum Gasteiger partial charge on any atom is -0.374 e. The van der Waals surface area contributed by atoms with Gasteiger partial charge in [-0.15, -0.1) is 0 Å². The Hall–Kier alpha value is -1.51. The lowest BCUT2D eigenvalue weighted by Gasteiger charge is -2.26. The number of fused-ring (bicyclic) bond motifs is 1. The predicted octanol–water partition coefficient (Wildman–Crippen LogP) is 3.28. The number of nitrogens with one attached hydrogen (secondary N) is 2. The monoisotopic (exact) mass is 274 g/mol. The molecule has 1 aliphatic rings. The highest BCUT2D eigenvalue weighted by Crippen LogP contribution is 2.28. The van der Waals surface area contributed by atoms with E-state index in [0.717, 1.165) is 18.5 Å². The average Bonchev–Trinajstić information content (AvgIpc) is 2.37. The van der Waals surface area contributed by atoms with Crippen LogP contribution in [0, 0.1) is 0 Å². The second-order valence-corrected chi connectivity index (χ2v) is 6.76. The summed E-state index contributed by atoms with van der Waals surface area (Å²) in [6.07, 6.45) is 4.80. The third-order valence-electron chi connectivity index (χ3n) is 3.66. The molecule has 0 unspecified atom stereocenters. The van der Waals surface area contributed by atoms with Crippen LogP contribution in [0.4, 0.5) is 5.69 Å². The number of hydrogen-bond acceptors (Lipinski definition) is 2. The zero-order valence-electron chi connectivity index (χ0n) is 13.0. The van der Waals surface area contributed by atoms with Crippen LogP contribution in [0.3, 0.4) is 0 Å². The fourth-order valence-electron chi connectivity index (χ4n) is 2.69. The van der Waals surface area contributed by atoms with Gasteiger partial charge in [-0.3, -0.25) is 4.79 Å². The van der Waals surface area contributed by atoms with Crippen LogP contribution in [0.15, 0.2) is 18.2 Å². The van der Waals surface area contributed by atoms with Gasteiger partial charge in [-0.2, -0.15) is 0 Å². The first-order valence-electron chi connectivity index (χ1n) is 7.56. The van der Waals surface area contributed by atoms with Crippen molar-refractivity contribution in [2.24, 2.45) is 0 Å². The number of benzene rings is 1. The van der Waals surface area contributed by atoms with Crippen LogP contribution in [0.5, 0.6) is 0 Å². The highest BCUT2D eigenvalue weighted by molar-refractivity contribution is 5.85. The molecule has 0 bridgehead atoms. The van der Waals surface area contributed by atoms with Crippen molar-refractivity contribution in [3.63, 3.8) is 0 Å². The van der Waals surface area contributed by atoms with Crippen molar-refractivity contribution in [2.75, 3.05) is 5.32 Å². The van der Waals surface area contributed by atoms with Gasteiger partial charge < -0.3 is 10.6 Å². The molecule has 110 valence electrons. The Balaban J connectivity index is 2.08. The summed E-state index contributed by atoms with van der Waals surface area (Å²) in [4.78, 5) is 12.2. The van der Waals surface area contributed by atoms with Crippen LogP contribution < -0.4 is 10.6 Å². The predicted molar refractivity (Wildman–Crippen MR) is 84.1 cm³/mol. The molecular formula is C17H26N2O. The van der Waals surface area contributed by atoms with Crippen LogP contribution in [-0.2, 0) is 17.6 Å². The second-order valence-electron chi connectivity index (χ2n) is 6.76. The molecule has 0 spiro atoms. The molecule has 0 aliphatic heterocycles. The SMILES string of the molecule is C[C@H](Nc1cccc2c1CCCC2)C(=O)NC(C)(C)C. The van der Waals surface area contributed by atoms with Crippen molar-refractivity contribution in [2.45, 2.75) is 65.0 Å². The molecule has 0 fully saturated rings. The van der Waals surface area contributed by atoms with Gasteiger partial charge in [0.1, 0.15) is 6.04 Å². The minimum absolute atomic E-state index is 0.0471. The Morgan fingerprint density at radius 1 is 1.20 bits per heavy atom. The number of carbonyl (C=O) groups excluding carboxylic acids is 1. The number of hydrogen-bond donors (Lipinski definition) is 2. The first-order valence-corrected chi connectivity index (χ1v) is 7.56. The molecule has 0 aromatic heterocycles. The van der Waals surface area contributed by atoms with Crippen LogP contribution >= 0.6 is 0 Å². The molecule has 1 aromatic rings. The highest BCUT2D eigenvalue weighted by atomic mass is 16.2. The zero-order chi connectivity index (χ0) is 14.8. The van der Waals surface area contributed by atoms with Crippen molar-refractivity contribution < 1.29 is 4.79 Å². The van der Waals surface area contributed by atoms with E-state index < -0.39 is 0 Å². The van der Waals surface area contributed by atoms with Crippen molar-refractivity contribution in [1.29, 1.82) is 0 Å². The highest BCUT2D eigenvalue weighted by Gasteiger charge is 2.20. The zero-order valence-corrected chi connectivity index (χ0v) is 13.0. The Bertz CT molecular complexity index is 488. The Morgan fingerprint density at radius 2 is 1.90 bits per heavy atom. The lowest BCUT2D eigenvalue weighted by atomic mass is 9.90. The normalized spacial score (nSPS) is 16.2. The molecule has 2 N–H and O–H groups in total. The Labute approximate surface area is 122 Å². The van der Waals surface area contributed by atoms with Crippen molar-refractivity contribution in [3.8, 4) is 0 Å². The van der Waals surface area contributed by atoms with Gasteiger partial charge in [0, 0.05) is 11.2 Å². The van der Waals surface area contributed by atoms with E-state index in [9.17, 15) is 4.79 Å². The molecule has 3 nitrogen and oxygen atoms in total. The number of amides is 1. The maximum atomic E-state index is 12.2. The van der Waals surface area contributed by atoms with Gasteiger partial charge in [0.15, 0.2) is 0 Å². The summed E-state index contributed by atoms with van der Waals surface area (Å²) in [6.45, 7) is 7.93. The second kappa shape index (κ2) is 5.86. The van der Waals surface area contributed by atoms with E-state index in [2.05, 4.69) is 28.8 Å². The number of rotatable bonds is 3. The number of anilines is 1. The smallest absolute Gasteiger partial charge is 0.242 e. The van der Waals surface area contributed by atoms with E-state index in [1.165, 1.54) is 24.0 Å². The molecule has 0 radical (unpaired) electrons. The molecular weight excluding hydrogens is 248 g/mol. The molecule has 2 rings (SSSR count). The maximum absolute atomic E-state index is 12.2. The van der Waals surface area contributed by atoms with Gasteiger partial charge >= 0.3 is 0 Å². The quantitative estimate of drug-likeness (QED) is 0.888. The Kier molecular flexibility index (Phi) is 4.36. The van der Waals surface area contributed by atoms with E-state index >= 15 is 0 Å². The molecule has 0 saturated heterocycles. The summed E-state index contributed by atoms with van der Waals surface area (Å²) < 4.78 is 0. The summed E-state index contributed by atoms with van der Waals surface area (Å²) >= 11 is 0. The topological polar surface area (TPSA) is 41.1 Å². The van der Waals surface area contributed by atoms with E-state index in [1.807, 2.05) is 27.7 Å². The first-order chi connectivity index (χ1) is 9.37. The molecule has 1 aliphatic carbocycles. The molecule has 0 heterocycles. The van der Waals surface area contributed by atoms with Gasteiger partial charge in [-0.05, 0) is 70.6 Å². The van der Waals surface area contributed by atoms with Crippen molar-refractivity contribution in [1.82, 2.24) is 5.32 Å². The van der Waals surface area contributed by atoms with E-state index in [4.69, 9.17) is 0 Å². The van der Waals surface area contributed by atoms with Crippen LogP contribution in [0.2, 0.25) is 0 Å². The van der Waals surface area contributed by atoms with E-state index in [1.54, 1.807) is 0 Å². The van der Waals surface area contributed by atoms with Crippen LogP contribution in [-0.4, -0.2) is 17.5 Å². The molecule has 1 atom stereocenters. The lowest BCUT2D eigenvalue weighted by Crippen LogP contribution is -2.47. The third-order valence-corrected chi connectivity index (χ3v) is 3.66. The van der Waals surface area contributed by atoms with Crippen molar-refractivity contribution in [3.05, 3.63) is 29.3 Å². The maximum Gasteiger partial charge on any atom is 0.242 e. The average molecular weight is 274 g/mol. The fourth-order valence-corrected chi connectivity index (χ4v) is 2.69. The van der Waals surface area contributed by atoms with Crippen LogP contribution in [0.25, 0.3) is 0 Å². The fraction of sp³-hybridized carbons (Fsp3) is 0.588. The van der Waals surface area contributed by atoms with Crippen molar-refractivity contribution >= 4 is 11.6 Å². The molecule has 3 heteroatoms. The standard InChI is InChI=1S/C17H26N2O/c1-12(16(20)19-17(2,3)4)18-15-11-7-9-13-8-5-6-10-14(13)15/h7,9,11-12,18H,5-6,8,10H2,1-4H3,(H,19,20)/t12-/m0/s1. The number of carbonyl (C=O) groups is 1. The van der Waals surface area contributed by atoms with E-state index in [0.29, 0.717) is 0 Å². The third kappa shape index (κ3) is 3.75. The molecule has 1 aromatic carbocycles. The summed E-state index contributed by atoms with van der Waals surface area (Å²) in [5.74, 6) is 0.0471. The largest absolute Gasteiger partial charge is 0.374 e. The van der Waals surface area contributed by atoms with Gasteiger partial charge in [0.2, 0.25) is 5.91 Å². The first kappa shape index (κ1) is 14.9. The minimum atomic E-state index is -0.220. The summed E-state index contributed by atoms with van der Waals surface area (Å²) in [7, 11) is 0. The number of aryl methyl sites for hydroxylation is 1. The molecule has 20 heavy (non-hydrogen) atoms. The lowest BCUT2D eigenvalue weighted by molar-refractivity contribution is -0.122. The molecule has 0 saturated carbocycles. The van der Waals surface area contributed by atoms with Gasteiger partial charge in [0.05, 0.1) is 0 Å². The summed E-state index contributed by atoms with van der Waals surface area (Å²) in [5.41, 5.74) is 3.76. The Morgan fingerprint density at radius 3 is 2.60 bits per heavy atom. The van der Waals surface area contributed by atoms with Gasteiger partial charge in [-0.1, -0.05) is 12.1 Å². The van der Waals surface area contributed by atoms with E-state index in [-0.39, 0.29) is 17.5 Å². The van der Waals surface area contributed by atoms with Gasteiger partial charge in [-0.25, -0.2) is 0 Å². The van der Waals surface area contributed by atoms with Gasteiger partial charge in [0.25, 0.3) is 0 Å². The van der Waals surface area contributed by atoms with Crippen LogP contribution in [0.1, 0.15) is 51.7 Å². The molecule has 1 amide bonds. The summed E-state index contributed by atoms with van der Waals surface area (Å²) in [5, 5.41) is 6.40. The summed E-state index contributed by atoms with van der Waals surface area (Å²) in [6, 6.07) is 6.16.